The molecule has 1 aliphatic rings. The van der Waals surface area contributed by atoms with E-state index < -0.39 is 10.0 Å². The zero-order valence-electron chi connectivity index (χ0n) is 9.75. The average molecular weight is 356 g/mol. The molecule has 0 aromatic heterocycles. The Morgan fingerprint density at radius 1 is 1.33 bits per heavy atom. The van der Waals surface area contributed by atoms with Gasteiger partial charge in [-0.25, -0.2) is 8.42 Å². The highest BCUT2D eigenvalue weighted by Gasteiger charge is 2.31. The Labute approximate surface area is 122 Å². The molecule has 2 N–H and O–H groups in total. The quantitative estimate of drug-likeness (QED) is 0.900. The van der Waals surface area contributed by atoms with Gasteiger partial charge in [-0.2, -0.15) is 4.31 Å². The Hall–Kier alpha value is -0.140. The molecular weight excluding hydrogens is 340 g/mol. The first-order valence-electron chi connectivity index (χ1n) is 5.50. The fourth-order valence-corrected chi connectivity index (χ4v) is 3.76. The normalized spacial score (nSPS) is 20.7. The van der Waals surface area contributed by atoms with Gasteiger partial charge in [-0.15, -0.1) is 12.4 Å². The summed E-state index contributed by atoms with van der Waals surface area (Å²) in [5, 5.41) is 0. The van der Waals surface area contributed by atoms with E-state index >= 15 is 0 Å². The number of nitrogens with two attached hydrogens (primary N) is 1. The van der Waals surface area contributed by atoms with E-state index in [9.17, 15) is 8.42 Å². The van der Waals surface area contributed by atoms with Crippen LogP contribution in [0.4, 0.5) is 0 Å². The molecule has 7 heteroatoms. The molecule has 4 nitrogen and oxygen atoms in total. The van der Waals surface area contributed by atoms with Crippen LogP contribution in [0, 0.1) is 5.92 Å². The largest absolute Gasteiger partial charge is 0.330 e. The second-order valence-corrected chi connectivity index (χ2v) is 7.06. The lowest BCUT2D eigenvalue weighted by Crippen LogP contribution is -2.29. The molecule has 1 heterocycles. The van der Waals surface area contributed by atoms with Crippen LogP contribution in [0.15, 0.2) is 33.6 Å². The van der Waals surface area contributed by atoms with E-state index in [1.807, 2.05) is 0 Å². The van der Waals surface area contributed by atoms with Crippen molar-refractivity contribution in [2.45, 2.75) is 11.3 Å². The summed E-state index contributed by atoms with van der Waals surface area (Å²) in [5.74, 6) is 0.292. The minimum absolute atomic E-state index is 0. The molecule has 1 aromatic carbocycles. The fraction of sp³-hybridized carbons (Fsp3) is 0.455. The van der Waals surface area contributed by atoms with E-state index in [2.05, 4.69) is 15.9 Å². The lowest BCUT2D eigenvalue weighted by molar-refractivity contribution is 0.459. The Morgan fingerprint density at radius 2 is 1.94 bits per heavy atom. The van der Waals surface area contributed by atoms with Gasteiger partial charge in [-0.1, -0.05) is 15.9 Å². The standard InChI is InChI=1S/C11H15BrN2O2S.ClH/c12-10-1-3-11(4-2-10)17(15,16)14-6-5-9(7-13)8-14;/h1-4,9H,5-8,13H2;1H. The third-order valence-corrected chi connectivity index (χ3v) is 5.44. The lowest BCUT2D eigenvalue weighted by Gasteiger charge is -2.16. The minimum atomic E-state index is -3.34. The van der Waals surface area contributed by atoms with Crippen LogP contribution in [0.3, 0.4) is 0 Å². The van der Waals surface area contributed by atoms with E-state index in [0.717, 1.165) is 10.9 Å². The fourth-order valence-electron chi connectivity index (χ4n) is 1.96. The van der Waals surface area contributed by atoms with Crippen LogP contribution < -0.4 is 5.73 Å². The number of hydrogen-bond donors (Lipinski definition) is 1. The van der Waals surface area contributed by atoms with Crippen molar-refractivity contribution in [3.05, 3.63) is 28.7 Å². The second-order valence-electron chi connectivity index (χ2n) is 4.21. The first kappa shape index (κ1) is 15.9. The zero-order valence-corrected chi connectivity index (χ0v) is 13.0. The van der Waals surface area contributed by atoms with Gasteiger partial charge in [0.05, 0.1) is 4.90 Å². The predicted octanol–water partition coefficient (Wildman–Crippen LogP) is 1.84. The summed E-state index contributed by atoms with van der Waals surface area (Å²) < 4.78 is 26.9. The molecule has 1 fully saturated rings. The summed E-state index contributed by atoms with van der Waals surface area (Å²) in [6.45, 7) is 1.65. The average Bonchev–Trinajstić information content (AvgIpc) is 2.78. The third kappa shape index (κ3) is 3.24. The molecule has 1 saturated heterocycles. The monoisotopic (exact) mass is 354 g/mol. The molecule has 2 rings (SSSR count). The summed E-state index contributed by atoms with van der Waals surface area (Å²) in [5.41, 5.74) is 5.57. The van der Waals surface area contributed by atoms with Crippen molar-refractivity contribution in [3.63, 3.8) is 0 Å². The summed E-state index contributed by atoms with van der Waals surface area (Å²) in [6, 6.07) is 6.72. The molecular formula is C11H16BrClN2O2S. The zero-order chi connectivity index (χ0) is 12.5. The van der Waals surface area contributed by atoms with Crippen molar-refractivity contribution in [1.29, 1.82) is 0 Å². The highest BCUT2D eigenvalue weighted by Crippen LogP contribution is 2.24. The van der Waals surface area contributed by atoms with Crippen LogP contribution in [-0.2, 0) is 10.0 Å². The molecule has 0 aliphatic carbocycles. The molecule has 1 aromatic rings. The van der Waals surface area contributed by atoms with Gasteiger partial charge >= 0.3 is 0 Å². The molecule has 0 amide bonds. The van der Waals surface area contributed by atoms with Gasteiger partial charge in [-0.3, -0.25) is 0 Å². The Bertz CT molecular complexity index is 492. The smallest absolute Gasteiger partial charge is 0.243 e. The number of rotatable bonds is 3. The molecule has 0 spiro atoms. The van der Waals surface area contributed by atoms with E-state index in [0.29, 0.717) is 30.4 Å². The summed E-state index contributed by atoms with van der Waals surface area (Å²) in [7, 11) is -3.34. The van der Waals surface area contributed by atoms with Crippen LogP contribution in [-0.4, -0.2) is 32.4 Å². The number of benzene rings is 1. The van der Waals surface area contributed by atoms with Crippen LogP contribution in [0.1, 0.15) is 6.42 Å². The maximum Gasteiger partial charge on any atom is 0.243 e. The molecule has 102 valence electrons. The summed E-state index contributed by atoms with van der Waals surface area (Å²) in [4.78, 5) is 0.346. The van der Waals surface area contributed by atoms with Crippen molar-refractivity contribution in [1.82, 2.24) is 4.31 Å². The number of halogens is 2. The van der Waals surface area contributed by atoms with Crippen molar-refractivity contribution in [2.24, 2.45) is 11.7 Å². The van der Waals surface area contributed by atoms with Crippen LogP contribution in [0.2, 0.25) is 0 Å². The predicted molar refractivity (Wildman–Crippen MR) is 77.3 cm³/mol. The molecule has 18 heavy (non-hydrogen) atoms. The Morgan fingerprint density at radius 3 is 2.44 bits per heavy atom. The Kier molecular flexibility index (Phi) is 5.61. The highest BCUT2D eigenvalue weighted by molar-refractivity contribution is 9.10. The Balaban J connectivity index is 0.00000162. The van der Waals surface area contributed by atoms with Crippen molar-refractivity contribution < 1.29 is 8.42 Å². The van der Waals surface area contributed by atoms with Crippen LogP contribution in [0.5, 0.6) is 0 Å². The SMILES string of the molecule is Cl.NCC1CCN(S(=O)(=O)c2ccc(Br)cc2)C1. The maximum absolute atomic E-state index is 12.3. The number of nitrogens with zero attached hydrogens (tertiary/aromatic N) is 1. The van der Waals surface area contributed by atoms with Crippen LogP contribution >= 0.6 is 28.3 Å². The van der Waals surface area contributed by atoms with Gasteiger partial charge in [0.1, 0.15) is 0 Å². The van der Waals surface area contributed by atoms with Gasteiger partial charge in [0, 0.05) is 17.6 Å². The van der Waals surface area contributed by atoms with Gasteiger partial charge in [0.15, 0.2) is 0 Å². The maximum atomic E-state index is 12.3. The molecule has 0 bridgehead atoms. The molecule has 0 saturated carbocycles. The highest BCUT2D eigenvalue weighted by atomic mass is 79.9. The van der Waals surface area contributed by atoms with Crippen LogP contribution in [0.25, 0.3) is 0 Å². The summed E-state index contributed by atoms with van der Waals surface area (Å²) in [6.07, 6.45) is 0.853. The van der Waals surface area contributed by atoms with E-state index in [-0.39, 0.29) is 12.4 Å². The van der Waals surface area contributed by atoms with Gasteiger partial charge in [0.2, 0.25) is 10.0 Å². The van der Waals surface area contributed by atoms with Crippen molar-refractivity contribution in [2.75, 3.05) is 19.6 Å². The molecule has 1 unspecified atom stereocenters. The molecule has 1 aliphatic heterocycles. The summed E-state index contributed by atoms with van der Waals surface area (Å²) >= 11 is 3.29. The van der Waals surface area contributed by atoms with Crippen molar-refractivity contribution in [3.8, 4) is 0 Å². The first-order chi connectivity index (χ1) is 8.04. The van der Waals surface area contributed by atoms with Gasteiger partial charge in [0.25, 0.3) is 0 Å². The second kappa shape index (κ2) is 6.34. The van der Waals surface area contributed by atoms with Gasteiger partial charge in [-0.05, 0) is 43.1 Å². The minimum Gasteiger partial charge on any atom is -0.330 e. The molecule has 0 radical (unpaired) electrons. The number of hydrogen-bond acceptors (Lipinski definition) is 3. The third-order valence-electron chi connectivity index (χ3n) is 3.03. The number of sulfonamides is 1. The molecule has 1 atom stereocenters. The van der Waals surface area contributed by atoms with E-state index in [1.54, 1.807) is 24.3 Å². The first-order valence-corrected chi connectivity index (χ1v) is 7.73. The van der Waals surface area contributed by atoms with E-state index in [4.69, 9.17) is 5.73 Å². The topological polar surface area (TPSA) is 63.4 Å². The van der Waals surface area contributed by atoms with Gasteiger partial charge < -0.3 is 5.73 Å². The van der Waals surface area contributed by atoms with Crippen molar-refractivity contribution >= 4 is 38.4 Å². The lowest BCUT2D eigenvalue weighted by atomic mass is 10.1. The van der Waals surface area contributed by atoms with E-state index in [1.165, 1.54) is 4.31 Å².